The van der Waals surface area contributed by atoms with Crippen molar-refractivity contribution in [2.45, 2.75) is 72.8 Å². The second-order valence-electron chi connectivity index (χ2n) is 9.38. The van der Waals surface area contributed by atoms with Gasteiger partial charge in [-0.25, -0.2) is 4.68 Å². The minimum atomic E-state index is -0.0217. The van der Waals surface area contributed by atoms with Gasteiger partial charge in [0.25, 0.3) is 0 Å². The Bertz CT molecular complexity index is 1140. The number of carbonyl (C=O) groups is 1. The van der Waals surface area contributed by atoms with Crippen LogP contribution in [0.1, 0.15) is 77.4 Å². The van der Waals surface area contributed by atoms with Crippen LogP contribution in [0.3, 0.4) is 0 Å². The largest absolute Gasteiger partial charge is 0.439 e. The average molecular weight is 417 g/mol. The van der Waals surface area contributed by atoms with Gasteiger partial charge in [0.2, 0.25) is 5.88 Å². The van der Waals surface area contributed by atoms with Crippen LogP contribution in [0.4, 0.5) is 0 Å². The molecule has 1 aromatic heterocycles. The molecule has 1 aliphatic carbocycles. The smallest absolute Gasteiger partial charge is 0.229 e. The molecule has 0 bridgehead atoms. The van der Waals surface area contributed by atoms with E-state index in [1.54, 1.807) is 10.9 Å². The minimum Gasteiger partial charge on any atom is -0.439 e. The zero-order valence-electron chi connectivity index (χ0n) is 19.5. The van der Waals surface area contributed by atoms with Crippen LogP contribution in [0.15, 0.2) is 36.5 Å². The normalized spacial score (nSPS) is 14.9. The van der Waals surface area contributed by atoms with E-state index in [4.69, 9.17) is 4.74 Å². The second kappa shape index (κ2) is 7.99. The van der Waals surface area contributed by atoms with Crippen LogP contribution in [-0.2, 0) is 18.4 Å². The van der Waals surface area contributed by atoms with Gasteiger partial charge in [-0.2, -0.15) is 5.10 Å². The summed E-state index contributed by atoms with van der Waals surface area (Å²) in [5, 5.41) is 4.43. The lowest BCUT2D eigenvalue weighted by Crippen LogP contribution is -2.27. The Morgan fingerprint density at radius 1 is 1.13 bits per heavy atom. The summed E-state index contributed by atoms with van der Waals surface area (Å²) >= 11 is 0. The third-order valence-corrected chi connectivity index (χ3v) is 6.64. The van der Waals surface area contributed by atoms with Crippen molar-refractivity contribution in [3.63, 3.8) is 0 Å². The van der Waals surface area contributed by atoms with Crippen LogP contribution in [0.5, 0.6) is 11.6 Å². The highest BCUT2D eigenvalue weighted by Crippen LogP contribution is 2.42. The molecule has 0 unspecified atom stereocenters. The summed E-state index contributed by atoms with van der Waals surface area (Å²) in [4.78, 5) is 13.8. The molecule has 0 saturated heterocycles. The topological polar surface area (TPSA) is 44.1 Å². The first-order valence-electron chi connectivity index (χ1n) is 11.2. The standard InChI is InChI=1S/C27H32N2O2/c1-7-29-26(31-20-12-10-17(2)11-13-20)23(16-28-29)25(30)22-15-18(3)21-9-8-14-27(5,6)24(21)19(22)4/h10-13,15-16H,7-9,14H2,1-6H3. The fourth-order valence-corrected chi connectivity index (χ4v) is 5.00. The summed E-state index contributed by atoms with van der Waals surface area (Å²) in [5.41, 5.74) is 7.59. The molecule has 0 aliphatic heterocycles. The minimum absolute atomic E-state index is 0.0217. The van der Waals surface area contributed by atoms with Crippen LogP contribution in [-0.4, -0.2) is 15.6 Å². The van der Waals surface area contributed by atoms with Crippen molar-refractivity contribution in [3.8, 4) is 11.6 Å². The first-order valence-corrected chi connectivity index (χ1v) is 11.2. The van der Waals surface area contributed by atoms with E-state index >= 15 is 0 Å². The number of hydrogen-bond acceptors (Lipinski definition) is 3. The summed E-state index contributed by atoms with van der Waals surface area (Å²) in [6.07, 6.45) is 5.09. The van der Waals surface area contributed by atoms with Gasteiger partial charge in [-0.15, -0.1) is 0 Å². The number of ether oxygens (including phenoxy) is 1. The predicted molar refractivity (Wildman–Crippen MR) is 124 cm³/mol. The van der Waals surface area contributed by atoms with Crippen molar-refractivity contribution < 1.29 is 9.53 Å². The lowest BCUT2D eigenvalue weighted by Gasteiger charge is -2.36. The van der Waals surface area contributed by atoms with Gasteiger partial charge in [-0.3, -0.25) is 4.79 Å². The Morgan fingerprint density at radius 3 is 2.52 bits per heavy atom. The SMILES string of the molecule is CCn1ncc(C(=O)c2cc(C)c3c(c2C)C(C)(C)CCC3)c1Oc1ccc(C)cc1. The lowest BCUT2D eigenvalue weighted by molar-refractivity contribution is 0.103. The molecule has 0 radical (unpaired) electrons. The van der Waals surface area contributed by atoms with Gasteiger partial charge >= 0.3 is 0 Å². The first-order chi connectivity index (χ1) is 14.7. The van der Waals surface area contributed by atoms with Crippen LogP contribution < -0.4 is 4.74 Å². The van der Waals surface area contributed by atoms with Gasteiger partial charge in [0, 0.05) is 12.1 Å². The molecular weight excluding hydrogens is 384 g/mol. The molecule has 4 nitrogen and oxygen atoms in total. The summed E-state index contributed by atoms with van der Waals surface area (Å²) in [5.74, 6) is 1.19. The lowest BCUT2D eigenvalue weighted by atomic mass is 9.68. The van der Waals surface area contributed by atoms with Crippen molar-refractivity contribution in [1.29, 1.82) is 0 Å². The molecule has 1 aliphatic rings. The predicted octanol–water partition coefficient (Wildman–Crippen LogP) is 6.47. The van der Waals surface area contributed by atoms with Crippen molar-refractivity contribution >= 4 is 5.78 Å². The third-order valence-electron chi connectivity index (χ3n) is 6.64. The van der Waals surface area contributed by atoms with Gasteiger partial charge in [0.15, 0.2) is 5.78 Å². The molecule has 0 N–H and O–H groups in total. The molecule has 3 aromatic rings. The Labute approximate surface area is 185 Å². The van der Waals surface area contributed by atoms with E-state index in [0.29, 0.717) is 23.7 Å². The number of aromatic nitrogens is 2. The highest BCUT2D eigenvalue weighted by Gasteiger charge is 2.33. The van der Waals surface area contributed by atoms with Crippen LogP contribution in [0.25, 0.3) is 0 Å². The van der Waals surface area contributed by atoms with Gasteiger partial charge in [0.05, 0.1) is 6.20 Å². The summed E-state index contributed by atoms with van der Waals surface area (Å²) in [6.45, 7) is 13.5. The van der Waals surface area contributed by atoms with Gasteiger partial charge < -0.3 is 4.74 Å². The molecule has 162 valence electrons. The van der Waals surface area contributed by atoms with E-state index in [-0.39, 0.29) is 11.2 Å². The van der Waals surface area contributed by atoms with Gasteiger partial charge in [0.1, 0.15) is 11.3 Å². The number of carbonyl (C=O) groups excluding carboxylic acids is 1. The number of nitrogens with zero attached hydrogens (tertiary/aromatic N) is 2. The molecule has 4 heteroatoms. The molecule has 0 saturated carbocycles. The molecule has 0 amide bonds. The number of fused-ring (bicyclic) bond motifs is 1. The summed E-state index contributed by atoms with van der Waals surface area (Å²) in [6, 6.07) is 9.92. The van der Waals surface area contributed by atoms with E-state index < -0.39 is 0 Å². The Balaban J connectivity index is 1.80. The third kappa shape index (κ3) is 3.80. The zero-order chi connectivity index (χ0) is 22.3. The van der Waals surface area contributed by atoms with Crippen molar-refractivity contribution in [2.75, 3.05) is 0 Å². The van der Waals surface area contributed by atoms with Crippen LogP contribution >= 0.6 is 0 Å². The van der Waals surface area contributed by atoms with E-state index in [9.17, 15) is 4.79 Å². The fraction of sp³-hybridized carbons (Fsp3) is 0.407. The Morgan fingerprint density at radius 2 is 1.84 bits per heavy atom. The Hall–Kier alpha value is -2.88. The maximum Gasteiger partial charge on any atom is 0.229 e. The zero-order valence-corrected chi connectivity index (χ0v) is 19.5. The van der Waals surface area contributed by atoms with E-state index in [0.717, 1.165) is 29.5 Å². The molecule has 2 aromatic carbocycles. The number of aryl methyl sites for hydroxylation is 3. The van der Waals surface area contributed by atoms with Gasteiger partial charge in [-0.1, -0.05) is 31.5 Å². The number of rotatable bonds is 5. The molecule has 0 atom stereocenters. The monoisotopic (exact) mass is 416 g/mol. The highest BCUT2D eigenvalue weighted by atomic mass is 16.5. The van der Waals surface area contributed by atoms with Crippen LogP contribution in [0.2, 0.25) is 0 Å². The summed E-state index contributed by atoms with van der Waals surface area (Å²) in [7, 11) is 0. The van der Waals surface area contributed by atoms with Crippen molar-refractivity contribution in [3.05, 3.63) is 75.5 Å². The molecule has 1 heterocycles. The van der Waals surface area contributed by atoms with E-state index in [2.05, 4.69) is 38.9 Å². The first kappa shape index (κ1) is 21.4. The maximum atomic E-state index is 13.8. The van der Waals surface area contributed by atoms with Gasteiger partial charge in [-0.05, 0) is 92.8 Å². The second-order valence-corrected chi connectivity index (χ2v) is 9.38. The number of hydrogen-bond donors (Lipinski definition) is 0. The summed E-state index contributed by atoms with van der Waals surface area (Å²) < 4.78 is 7.92. The van der Waals surface area contributed by atoms with Crippen molar-refractivity contribution in [1.82, 2.24) is 9.78 Å². The Kier molecular flexibility index (Phi) is 5.50. The molecular formula is C27H32N2O2. The number of benzene rings is 2. The maximum absolute atomic E-state index is 13.8. The quantitative estimate of drug-likeness (QED) is 0.448. The number of ketones is 1. The molecule has 0 fully saturated rings. The van der Waals surface area contributed by atoms with E-state index in [1.165, 1.54) is 23.1 Å². The fourth-order valence-electron chi connectivity index (χ4n) is 5.00. The average Bonchev–Trinajstić information content (AvgIpc) is 3.13. The molecule has 4 rings (SSSR count). The van der Waals surface area contributed by atoms with Crippen molar-refractivity contribution in [2.24, 2.45) is 0 Å². The van der Waals surface area contributed by atoms with Crippen LogP contribution in [0, 0.1) is 20.8 Å². The molecule has 31 heavy (non-hydrogen) atoms. The highest BCUT2D eigenvalue weighted by molar-refractivity contribution is 6.11. The molecule has 0 spiro atoms. The van der Waals surface area contributed by atoms with E-state index in [1.807, 2.05) is 38.1 Å².